The summed E-state index contributed by atoms with van der Waals surface area (Å²) >= 11 is 3.25. The first-order valence-corrected chi connectivity index (χ1v) is 6.92. The number of nitrogens with one attached hydrogen (secondary N) is 1. The normalized spacial score (nSPS) is 14.1. The lowest BCUT2D eigenvalue weighted by molar-refractivity contribution is 0.295. The van der Waals surface area contributed by atoms with Gasteiger partial charge >= 0.3 is 0 Å². The van der Waals surface area contributed by atoms with Gasteiger partial charge in [-0.25, -0.2) is 4.98 Å². The summed E-state index contributed by atoms with van der Waals surface area (Å²) in [5.74, 6) is 1.05. The Morgan fingerprint density at radius 2 is 2.27 bits per heavy atom. The predicted molar refractivity (Wildman–Crippen MR) is 67.6 cm³/mol. The van der Waals surface area contributed by atoms with Gasteiger partial charge in [0, 0.05) is 11.8 Å². The van der Waals surface area contributed by atoms with Gasteiger partial charge in [0.05, 0.1) is 0 Å². The lowest BCUT2D eigenvalue weighted by Crippen LogP contribution is -2.42. The van der Waals surface area contributed by atoms with Crippen LogP contribution in [0.3, 0.4) is 0 Å². The van der Waals surface area contributed by atoms with Crippen molar-refractivity contribution in [3.05, 3.63) is 6.33 Å². The highest BCUT2D eigenvalue weighted by molar-refractivity contribution is 8.00. The van der Waals surface area contributed by atoms with Gasteiger partial charge in [0.25, 0.3) is 0 Å². The molecule has 1 aromatic heterocycles. The Bertz CT molecular complexity index is 267. The van der Waals surface area contributed by atoms with Gasteiger partial charge in [-0.3, -0.25) is 0 Å². The number of nitrogens with zero attached hydrogens (tertiary/aromatic N) is 2. The minimum Gasteiger partial charge on any atom is -0.313 e. The molecule has 0 fully saturated rings. The molecule has 0 saturated heterocycles. The van der Waals surface area contributed by atoms with Crippen LogP contribution < -0.4 is 5.32 Å². The molecule has 0 spiro atoms. The zero-order chi connectivity index (χ0) is 11.3. The van der Waals surface area contributed by atoms with Crippen molar-refractivity contribution in [2.45, 2.75) is 38.1 Å². The third kappa shape index (κ3) is 4.49. The molecule has 0 aliphatic rings. The second kappa shape index (κ2) is 5.82. The van der Waals surface area contributed by atoms with Gasteiger partial charge in [-0.05, 0) is 23.5 Å². The molecule has 0 radical (unpaired) electrons. The molecule has 0 aromatic carbocycles. The van der Waals surface area contributed by atoms with E-state index in [1.54, 1.807) is 18.1 Å². The molecular formula is C10H19N3S2. The van der Waals surface area contributed by atoms with Crippen LogP contribution in [0, 0.1) is 5.41 Å². The molecule has 5 heteroatoms. The minimum absolute atomic E-state index is 0.285. The van der Waals surface area contributed by atoms with Crippen LogP contribution in [-0.2, 0) is 0 Å². The molecule has 1 unspecified atom stereocenters. The third-order valence-corrected chi connectivity index (χ3v) is 4.10. The maximum Gasteiger partial charge on any atom is 0.169 e. The van der Waals surface area contributed by atoms with Gasteiger partial charge in [-0.15, -0.1) is 0 Å². The summed E-state index contributed by atoms with van der Waals surface area (Å²) in [5.41, 5.74) is 0.285. The van der Waals surface area contributed by atoms with Gasteiger partial charge < -0.3 is 5.32 Å². The number of hydrogen-bond donors (Lipinski definition) is 1. The Morgan fingerprint density at radius 3 is 2.73 bits per heavy atom. The molecule has 0 bridgehead atoms. The Balaban J connectivity index is 2.45. The fourth-order valence-corrected chi connectivity index (χ4v) is 3.11. The van der Waals surface area contributed by atoms with Crippen molar-refractivity contribution < 1.29 is 0 Å². The average Bonchev–Trinajstić information content (AvgIpc) is 2.62. The van der Waals surface area contributed by atoms with Crippen molar-refractivity contribution in [3.8, 4) is 0 Å². The second-order valence-corrected chi connectivity index (χ2v) is 6.54. The third-order valence-electron chi connectivity index (χ3n) is 2.21. The molecule has 3 nitrogen and oxygen atoms in total. The van der Waals surface area contributed by atoms with Crippen LogP contribution in [0.4, 0.5) is 0 Å². The monoisotopic (exact) mass is 245 g/mol. The molecule has 1 aromatic rings. The van der Waals surface area contributed by atoms with Gasteiger partial charge in [0.1, 0.15) is 6.33 Å². The second-order valence-electron chi connectivity index (χ2n) is 4.49. The van der Waals surface area contributed by atoms with Crippen molar-refractivity contribution in [1.29, 1.82) is 0 Å². The number of thioether (sulfide) groups is 1. The zero-order valence-corrected chi connectivity index (χ0v) is 11.4. The fourth-order valence-electron chi connectivity index (χ4n) is 1.24. The molecular weight excluding hydrogens is 226 g/mol. The summed E-state index contributed by atoms with van der Waals surface area (Å²) in [4.78, 5) is 4.17. The van der Waals surface area contributed by atoms with E-state index in [0.29, 0.717) is 6.04 Å². The first kappa shape index (κ1) is 12.9. The first-order valence-electron chi connectivity index (χ1n) is 5.17. The van der Waals surface area contributed by atoms with E-state index in [-0.39, 0.29) is 5.41 Å². The SMILES string of the molecule is CCNC(CSc1ncns1)C(C)(C)C. The summed E-state index contributed by atoms with van der Waals surface area (Å²) in [5, 5.41) is 3.52. The largest absolute Gasteiger partial charge is 0.313 e. The number of aromatic nitrogens is 2. The molecule has 15 heavy (non-hydrogen) atoms. The maximum absolute atomic E-state index is 4.17. The predicted octanol–water partition coefficient (Wildman–Crippen LogP) is 2.65. The number of hydrogen-bond acceptors (Lipinski definition) is 5. The van der Waals surface area contributed by atoms with Crippen molar-refractivity contribution in [3.63, 3.8) is 0 Å². The Labute approximate surface area is 100 Å². The smallest absolute Gasteiger partial charge is 0.169 e. The van der Waals surface area contributed by atoms with E-state index < -0.39 is 0 Å². The summed E-state index contributed by atoms with van der Waals surface area (Å²) in [6, 6.07) is 0.511. The lowest BCUT2D eigenvalue weighted by Gasteiger charge is -2.30. The first-order chi connectivity index (χ1) is 7.04. The summed E-state index contributed by atoms with van der Waals surface area (Å²) < 4.78 is 5.06. The molecule has 0 aliphatic carbocycles. The topological polar surface area (TPSA) is 37.8 Å². The number of rotatable bonds is 5. The van der Waals surface area contributed by atoms with E-state index >= 15 is 0 Å². The van der Waals surface area contributed by atoms with Crippen LogP contribution in [0.25, 0.3) is 0 Å². The minimum atomic E-state index is 0.285. The van der Waals surface area contributed by atoms with Crippen LogP contribution in [0.15, 0.2) is 10.7 Å². The fraction of sp³-hybridized carbons (Fsp3) is 0.800. The van der Waals surface area contributed by atoms with Crippen molar-refractivity contribution >= 4 is 23.3 Å². The highest BCUT2D eigenvalue weighted by Crippen LogP contribution is 2.26. The van der Waals surface area contributed by atoms with Crippen molar-refractivity contribution in [2.75, 3.05) is 12.3 Å². The van der Waals surface area contributed by atoms with Crippen molar-refractivity contribution in [2.24, 2.45) is 5.41 Å². The van der Waals surface area contributed by atoms with Gasteiger partial charge in [-0.2, -0.15) is 4.37 Å². The Morgan fingerprint density at radius 1 is 1.53 bits per heavy atom. The highest BCUT2D eigenvalue weighted by atomic mass is 32.2. The van der Waals surface area contributed by atoms with Gasteiger partial charge in [0.15, 0.2) is 4.34 Å². The van der Waals surface area contributed by atoms with Crippen LogP contribution in [0.1, 0.15) is 27.7 Å². The molecule has 0 amide bonds. The van der Waals surface area contributed by atoms with Crippen LogP contribution in [0.5, 0.6) is 0 Å². The van der Waals surface area contributed by atoms with Gasteiger partial charge in [0.2, 0.25) is 0 Å². The van der Waals surface area contributed by atoms with E-state index in [1.807, 2.05) is 0 Å². The summed E-state index contributed by atoms with van der Waals surface area (Å²) in [6.45, 7) is 9.95. The average molecular weight is 245 g/mol. The Kier molecular flexibility index (Phi) is 5.02. The molecule has 1 atom stereocenters. The van der Waals surface area contributed by atoms with Gasteiger partial charge in [-0.1, -0.05) is 39.5 Å². The van der Waals surface area contributed by atoms with Crippen LogP contribution in [-0.4, -0.2) is 27.7 Å². The van der Waals surface area contributed by atoms with E-state index in [2.05, 4.69) is 42.4 Å². The quantitative estimate of drug-likeness (QED) is 0.809. The summed E-state index contributed by atoms with van der Waals surface area (Å²) in [7, 11) is 0. The standard InChI is InChI=1S/C10H19N3S2/c1-5-11-8(10(2,3)4)6-14-9-12-7-13-15-9/h7-8,11H,5-6H2,1-4H3. The van der Waals surface area contributed by atoms with Crippen molar-refractivity contribution in [1.82, 2.24) is 14.7 Å². The highest BCUT2D eigenvalue weighted by Gasteiger charge is 2.23. The van der Waals surface area contributed by atoms with Crippen LogP contribution in [0.2, 0.25) is 0 Å². The maximum atomic E-state index is 4.17. The zero-order valence-electron chi connectivity index (χ0n) is 9.78. The van der Waals surface area contributed by atoms with E-state index in [4.69, 9.17) is 0 Å². The molecule has 0 aliphatic heterocycles. The molecule has 1 rings (SSSR count). The van der Waals surface area contributed by atoms with E-state index in [0.717, 1.165) is 16.6 Å². The van der Waals surface area contributed by atoms with Crippen LogP contribution >= 0.6 is 23.3 Å². The molecule has 1 N–H and O–H groups in total. The molecule has 1 heterocycles. The van der Waals surface area contributed by atoms with E-state index in [1.165, 1.54) is 11.5 Å². The van der Waals surface area contributed by atoms with E-state index in [9.17, 15) is 0 Å². The Hall–Kier alpha value is -0.130. The molecule has 86 valence electrons. The lowest BCUT2D eigenvalue weighted by atomic mass is 9.88. The summed E-state index contributed by atoms with van der Waals surface area (Å²) in [6.07, 6.45) is 1.62. The molecule has 0 saturated carbocycles.